The Balaban J connectivity index is 2.13. The van der Waals surface area contributed by atoms with Crippen molar-refractivity contribution < 1.29 is 14.7 Å². The molecule has 1 amide bonds. The molecule has 31 heavy (non-hydrogen) atoms. The maximum Gasteiger partial charge on any atom is 0.294 e. The van der Waals surface area contributed by atoms with Gasteiger partial charge in [-0.3, -0.25) is 14.5 Å². The Morgan fingerprint density at radius 2 is 1.68 bits per heavy atom. The Bertz CT molecular complexity index is 1070. The predicted molar refractivity (Wildman–Crippen MR) is 121 cm³/mol. The van der Waals surface area contributed by atoms with Crippen molar-refractivity contribution in [3.63, 3.8) is 0 Å². The van der Waals surface area contributed by atoms with E-state index in [2.05, 4.69) is 26.8 Å². The van der Waals surface area contributed by atoms with E-state index in [1.54, 1.807) is 24.3 Å². The Kier molecular flexibility index (Phi) is 6.03. The zero-order valence-electron chi connectivity index (χ0n) is 18.6. The van der Waals surface area contributed by atoms with E-state index in [9.17, 15) is 14.7 Å². The van der Waals surface area contributed by atoms with Gasteiger partial charge in [0.25, 0.3) is 5.91 Å². The van der Waals surface area contributed by atoms with E-state index >= 15 is 0 Å². The molecule has 160 valence electrons. The van der Waals surface area contributed by atoms with Crippen molar-refractivity contribution in [2.24, 2.45) is 5.92 Å². The first-order valence-electron chi connectivity index (χ1n) is 10.4. The molecule has 0 aliphatic carbocycles. The van der Waals surface area contributed by atoms with E-state index in [0.717, 1.165) is 11.1 Å². The first kappa shape index (κ1) is 22.3. The third-order valence-corrected chi connectivity index (χ3v) is 5.47. The van der Waals surface area contributed by atoms with Gasteiger partial charge >= 0.3 is 0 Å². The Morgan fingerprint density at radius 3 is 2.16 bits per heavy atom. The second kappa shape index (κ2) is 8.39. The number of carbonyl (C=O) groups excluding carboxylic acids is 2. The molecular weight excluding hydrogens is 388 g/mol. The van der Waals surface area contributed by atoms with Gasteiger partial charge in [-0.2, -0.15) is 5.26 Å². The van der Waals surface area contributed by atoms with Gasteiger partial charge in [-0.05, 0) is 46.7 Å². The van der Waals surface area contributed by atoms with Gasteiger partial charge in [-0.1, -0.05) is 58.9 Å². The minimum absolute atomic E-state index is 0.0366. The van der Waals surface area contributed by atoms with Crippen LogP contribution in [0.25, 0.3) is 0 Å². The normalized spacial score (nSPS) is 16.7. The highest BCUT2D eigenvalue weighted by atomic mass is 16.3. The number of aliphatic hydroxyl groups excluding tert-OH is 1. The number of Topliss-reactive ketones (excluding diaryl/α,β-unsaturated/α-hetero) is 1. The first-order chi connectivity index (χ1) is 14.5. The van der Waals surface area contributed by atoms with Crippen molar-refractivity contribution in [3.8, 4) is 6.07 Å². The molecule has 5 heteroatoms. The van der Waals surface area contributed by atoms with Crippen LogP contribution < -0.4 is 4.90 Å². The van der Waals surface area contributed by atoms with Gasteiger partial charge in [-0.15, -0.1) is 0 Å². The van der Waals surface area contributed by atoms with Crippen molar-refractivity contribution >= 4 is 17.4 Å². The van der Waals surface area contributed by atoms with E-state index in [-0.39, 0.29) is 29.1 Å². The number of hydrogen-bond acceptors (Lipinski definition) is 4. The topological polar surface area (TPSA) is 81.4 Å². The van der Waals surface area contributed by atoms with Crippen LogP contribution in [0.1, 0.15) is 63.8 Å². The fraction of sp³-hybridized carbons (Fsp3) is 0.346. The summed E-state index contributed by atoms with van der Waals surface area (Å²) in [6, 6.07) is 15.7. The van der Waals surface area contributed by atoms with Crippen molar-refractivity contribution in [1.29, 1.82) is 5.26 Å². The van der Waals surface area contributed by atoms with Crippen molar-refractivity contribution in [3.05, 3.63) is 76.6 Å². The molecule has 0 aromatic heterocycles. The number of anilines is 1. The summed E-state index contributed by atoms with van der Waals surface area (Å²) in [5.41, 5.74) is 2.97. The first-order valence-corrected chi connectivity index (χ1v) is 10.4. The van der Waals surface area contributed by atoms with Crippen LogP contribution >= 0.6 is 0 Å². The van der Waals surface area contributed by atoms with Crippen LogP contribution in [0.5, 0.6) is 0 Å². The standard InChI is InChI=1S/C26H28N2O3/c1-16(2)14-21(29)22-23(18-8-10-19(11-9-18)26(3,4)5)28(25(31)24(22)30)20-12-6-17(15-27)7-13-20/h6-13,16,23,30H,14H2,1-5H3. The lowest BCUT2D eigenvalue weighted by molar-refractivity contribution is -0.118. The number of aliphatic hydroxyl groups is 1. The van der Waals surface area contributed by atoms with E-state index in [4.69, 9.17) is 5.26 Å². The Hall–Kier alpha value is -3.39. The molecule has 1 N–H and O–H groups in total. The highest BCUT2D eigenvalue weighted by molar-refractivity contribution is 6.16. The lowest BCUT2D eigenvalue weighted by Crippen LogP contribution is -2.31. The number of carbonyl (C=O) groups is 2. The number of nitrogens with zero attached hydrogens (tertiary/aromatic N) is 2. The molecule has 0 saturated carbocycles. The number of benzene rings is 2. The summed E-state index contributed by atoms with van der Waals surface area (Å²) in [6.07, 6.45) is 0.241. The average Bonchev–Trinajstić information content (AvgIpc) is 2.98. The van der Waals surface area contributed by atoms with Crippen LogP contribution in [0, 0.1) is 17.2 Å². The molecule has 0 bridgehead atoms. The maximum absolute atomic E-state index is 13.1. The number of amides is 1. The van der Waals surface area contributed by atoms with Crippen LogP contribution in [0.2, 0.25) is 0 Å². The summed E-state index contributed by atoms with van der Waals surface area (Å²) in [7, 11) is 0. The van der Waals surface area contributed by atoms with Gasteiger partial charge in [0.15, 0.2) is 11.5 Å². The maximum atomic E-state index is 13.1. The lowest BCUT2D eigenvalue weighted by atomic mass is 9.85. The highest BCUT2D eigenvalue weighted by Gasteiger charge is 2.44. The van der Waals surface area contributed by atoms with Gasteiger partial charge in [-0.25, -0.2) is 0 Å². The van der Waals surface area contributed by atoms with Gasteiger partial charge in [0.2, 0.25) is 0 Å². The zero-order valence-corrected chi connectivity index (χ0v) is 18.6. The number of ketones is 1. The van der Waals surface area contributed by atoms with Gasteiger partial charge in [0, 0.05) is 12.1 Å². The van der Waals surface area contributed by atoms with Crippen LogP contribution in [-0.4, -0.2) is 16.8 Å². The summed E-state index contributed by atoms with van der Waals surface area (Å²) >= 11 is 0. The molecule has 0 saturated heterocycles. The zero-order chi connectivity index (χ0) is 22.9. The second-order valence-corrected chi connectivity index (χ2v) is 9.39. The van der Waals surface area contributed by atoms with Crippen molar-refractivity contribution in [2.45, 2.75) is 52.5 Å². The molecule has 1 aliphatic rings. The molecule has 1 heterocycles. The average molecular weight is 417 g/mol. The molecule has 0 spiro atoms. The lowest BCUT2D eigenvalue weighted by Gasteiger charge is -2.28. The molecular formula is C26H28N2O3. The quantitative estimate of drug-likeness (QED) is 0.710. The minimum atomic E-state index is -0.722. The molecule has 5 nitrogen and oxygen atoms in total. The smallest absolute Gasteiger partial charge is 0.294 e. The van der Waals surface area contributed by atoms with E-state index < -0.39 is 17.7 Å². The summed E-state index contributed by atoms with van der Waals surface area (Å²) in [4.78, 5) is 27.6. The van der Waals surface area contributed by atoms with Crippen molar-refractivity contribution in [2.75, 3.05) is 4.90 Å². The number of hydrogen-bond donors (Lipinski definition) is 1. The van der Waals surface area contributed by atoms with Crippen molar-refractivity contribution in [1.82, 2.24) is 0 Å². The Morgan fingerprint density at radius 1 is 1.10 bits per heavy atom. The van der Waals surface area contributed by atoms with Gasteiger partial charge in [0.1, 0.15) is 0 Å². The van der Waals surface area contributed by atoms with E-state index in [1.165, 1.54) is 4.90 Å². The van der Waals surface area contributed by atoms with Crippen LogP contribution in [0.15, 0.2) is 59.9 Å². The summed E-state index contributed by atoms with van der Waals surface area (Å²) in [6.45, 7) is 10.2. The van der Waals surface area contributed by atoms with Crippen LogP contribution in [-0.2, 0) is 15.0 Å². The third kappa shape index (κ3) is 4.39. The summed E-state index contributed by atoms with van der Waals surface area (Å²) in [5.74, 6) is -1.25. The largest absolute Gasteiger partial charge is 0.503 e. The predicted octanol–water partition coefficient (Wildman–Crippen LogP) is 5.37. The Labute approximate surface area is 183 Å². The molecule has 2 aromatic carbocycles. The molecule has 3 rings (SSSR count). The molecule has 0 radical (unpaired) electrons. The molecule has 1 atom stereocenters. The third-order valence-electron chi connectivity index (χ3n) is 5.47. The molecule has 1 unspecified atom stereocenters. The monoisotopic (exact) mass is 416 g/mol. The molecule has 0 fully saturated rings. The van der Waals surface area contributed by atoms with E-state index in [0.29, 0.717) is 11.3 Å². The molecule has 2 aromatic rings. The van der Waals surface area contributed by atoms with Gasteiger partial charge in [0.05, 0.1) is 23.2 Å². The molecule has 1 aliphatic heterocycles. The highest BCUT2D eigenvalue weighted by Crippen LogP contribution is 2.42. The summed E-state index contributed by atoms with van der Waals surface area (Å²) in [5, 5.41) is 19.8. The fourth-order valence-corrected chi connectivity index (χ4v) is 3.81. The number of rotatable bonds is 5. The number of nitriles is 1. The van der Waals surface area contributed by atoms with Crippen LogP contribution in [0.4, 0.5) is 5.69 Å². The fourth-order valence-electron chi connectivity index (χ4n) is 3.81. The van der Waals surface area contributed by atoms with Gasteiger partial charge < -0.3 is 5.11 Å². The SMILES string of the molecule is CC(C)CC(=O)C1=C(O)C(=O)N(c2ccc(C#N)cc2)C1c1ccc(C(C)(C)C)cc1. The minimum Gasteiger partial charge on any atom is -0.503 e. The second-order valence-electron chi connectivity index (χ2n) is 9.39. The summed E-state index contributed by atoms with van der Waals surface area (Å²) < 4.78 is 0. The van der Waals surface area contributed by atoms with E-state index in [1.807, 2.05) is 38.1 Å². The van der Waals surface area contributed by atoms with Crippen LogP contribution in [0.3, 0.4) is 0 Å².